The first kappa shape index (κ1) is 24.7. The number of likely N-dealkylation sites (N-methyl/N-ethyl adjacent to an activating group) is 1. The van der Waals surface area contributed by atoms with Gasteiger partial charge in [0.2, 0.25) is 15.9 Å². The molecule has 1 saturated carbocycles. The number of aromatic nitrogens is 1. The Morgan fingerprint density at radius 3 is 2.61 bits per heavy atom. The van der Waals surface area contributed by atoms with Crippen LogP contribution in [0.5, 0.6) is 5.75 Å². The van der Waals surface area contributed by atoms with Crippen LogP contribution in [-0.2, 0) is 14.8 Å². The molecule has 11 heteroatoms. The summed E-state index contributed by atoms with van der Waals surface area (Å²) in [6.07, 6.45) is 3.78. The molecule has 0 radical (unpaired) electrons. The van der Waals surface area contributed by atoms with Crippen molar-refractivity contribution >= 4 is 27.7 Å². The minimum Gasteiger partial charge on any atom is -0.495 e. The fraction of sp³-hybridized carbons (Fsp3) is 0.500. The number of benzene rings is 1. The third kappa shape index (κ3) is 6.11. The number of nitrogens with zero attached hydrogens (tertiary/aromatic N) is 2. The fourth-order valence-corrected chi connectivity index (χ4v) is 5.46. The van der Waals surface area contributed by atoms with Crippen molar-refractivity contribution in [2.45, 2.75) is 50.5 Å². The molecule has 0 aliphatic heterocycles. The Labute approximate surface area is 193 Å². The van der Waals surface area contributed by atoms with Crippen LogP contribution in [0.15, 0.2) is 33.7 Å². The number of amides is 2. The summed E-state index contributed by atoms with van der Waals surface area (Å²) in [6, 6.07) is 5.59. The van der Waals surface area contributed by atoms with Crippen molar-refractivity contribution in [2.24, 2.45) is 5.92 Å². The molecule has 2 atom stereocenters. The van der Waals surface area contributed by atoms with Gasteiger partial charge in [-0.2, -0.15) is 0 Å². The minimum atomic E-state index is -3.92. The molecule has 180 valence electrons. The van der Waals surface area contributed by atoms with E-state index >= 15 is 0 Å². The molecular weight excluding hydrogens is 448 g/mol. The van der Waals surface area contributed by atoms with E-state index in [9.17, 15) is 18.0 Å². The van der Waals surface area contributed by atoms with E-state index in [0.29, 0.717) is 5.76 Å². The molecule has 1 aromatic heterocycles. The maximum absolute atomic E-state index is 13.2. The van der Waals surface area contributed by atoms with E-state index in [1.165, 1.54) is 37.3 Å². The van der Waals surface area contributed by atoms with Gasteiger partial charge >= 0.3 is 0 Å². The van der Waals surface area contributed by atoms with Crippen molar-refractivity contribution in [3.63, 3.8) is 0 Å². The molecule has 3 rings (SSSR count). The number of hydrogen-bond donors (Lipinski definition) is 2. The molecule has 0 unspecified atom stereocenters. The molecule has 10 nitrogen and oxygen atoms in total. The molecule has 33 heavy (non-hydrogen) atoms. The first-order valence-corrected chi connectivity index (χ1v) is 12.3. The predicted molar refractivity (Wildman–Crippen MR) is 122 cm³/mol. The highest BCUT2D eigenvalue weighted by molar-refractivity contribution is 7.89. The Kier molecular flexibility index (Phi) is 7.75. The van der Waals surface area contributed by atoms with E-state index in [1.807, 2.05) is 6.92 Å². The second-order valence-electron chi connectivity index (χ2n) is 8.39. The Bertz CT molecular complexity index is 1110. The van der Waals surface area contributed by atoms with E-state index in [4.69, 9.17) is 9.26 Å². The fourth-order valence-electron chi connectivity index (χ4n) is 3.89. The van der Waals surface area contributed by atoms with Crippen LogP contribution in [0.1, 0.15) is 48.7 Å². The number of aryl methyl sites for hydroxylation is 1. The van der Waals surface area contributed by atoms with Crippen molar-refractivity contribution < 1.29 is 27.3 Å². The van der Waals surface area contributed by atoms with E-state index in [0.717, 1.165) is 25.7 Å². The monoisotopic (exact) mass is 478 g/mol. The Balaban J connectivity index is 1.75. The maximum atomic E-state index is 13.2. The third-order valence-electron chi connectivity index (χ3n) is 5.74. The van der Waals surface area contributed by atoms with Gasteiger partial charge in [-0.05, 0) is 43.9 Å². The van der Waals surface area contributed by atoms with Crippen molar-refractivity contribution in [1.82, 2.24) is 14.8 Å². The largest absolute Gasteiger partial charge is 0.495 e. The van der Waals surface area contributed by atoms with Gasteiger partial charge in [-0.1, -0.05) is 24.9 Å². The number of sulfonamides is 1. The molecule has 2 N–H and O–H groups in total. The summed E-state index contributed by atoms with van der Waals surface area (Å²) in [5.74, 6) is 0.184. The Morgan fingerprint density at radius 2 is 1.97 bits per heavy atom. The van der Waals surface area contributed by atoms with Gasteiger partial charge in [-0.25, -0.2) is 13.1 Å². The first-order valence-electron chi connectivity index (χ1n) is 10.8. The van der Waals surface area contributed by atoms with E-state index in [2.05, 4.69) is 15.2 Å². The summed E-state index contributed by atoms with van der Waals surface area (Å²) in [5.41, 5.74) is 0.125. The molecular formula is C22H30N4O6S. The summed E-state index contributed by atoms with van der Waals surface area (Å²) in [4.78, 5) is 26.2. The van der Waals surface area contributed by atoms with Gasteiger partial charge in [0.05, 0.1) is 13.7 Å². The number of methoxy groups -OCH3 is 1. The lowest BCUT2D eigenvalue weighted by atomic mass is 9.87. The second-order valence-corrected chi connectivity index (χ2v) is 10.1. The van der Waals surface area contributed by atoms with Crippen molar-refractivity contribution in [3.05, 3.63) is 35.6 Å². The number of ether oxygens (including phenoxy) is 1. The van der Waals surface area contributed by atoms with Crippen molar-refractivity contribution in [1.29, 1.82) is 0 Å². The molecule has 2 aromatic rings. The molecule has 1 aromatic carbocycles. The molecule has 1 fully saturated rings. The number of anilines is 1. The Hall–Kier alpha value is -2.92. The summed E-state index contributed by atoms with van der Waals surface area (Å²) in [6.45, 7) is 3.47. The number of carbonyl (C=O) groups is 2. The Morgan fingerprint density at radius 1 is 1.24 bits per heavy atom. The van der Waals surface area contributed by atoms with Crippen LogP contribution in [-0.4, -0.2) is 57.0 Å². The minimum absolute atomic E-state index is 0.107. The van der Waals surface area contributed by atoms with Crippen LogP contribution in [0.25, 0.3) is 0 Å². The van der Waals surface area contributed by atoms with Crippen LogP contribution < -0.4 is 14.8 Å². The van der Waals surface area contributed by atoms with Gasteiger partial charge < -0.3 is 19.5 Å². The smallest absolute Gasteiger partial charge is 0.254 e. The maximum Gasteiger partial charge on any atom is 0.254 e. The summed E-state index contributed by atoms with van der Waals surface area (Å²) in [5, 5.41) is 6.22. The second kappa shape index (κ2) is 10.3. The lowest BCUT2D eigenvalue weighted by Crippen LogP contribution is -2.41. The van der Waals surface area contributed by atoms with Crippen molar-refractivity contribution in [2.75, 3.05) is 26.0 Å². The van der Waals surface area contributed by atoms with Gasteiger partial charge in [0.1, 0.15) is 16.4 Å². The first-order chi connectivity index (χ1) is 15.6. The number of nitrogens with one attached hydrogen (secondary N) is 2. The molecule has 0 spiro atoms. The van der Waals surface area contributed by atoms with Crippen molar-refractivity contribution in [3.8, 4) is 5.75 Å². The molecule has 1 aliphatic carbocycles. The third-order valence-corrected chi connectivity index (χ3v) is 7.25. The van der Waals surface area contributed by atoms with Crippen LogP contribution in [0.3, 0.4) is 0 Å². The van der Waals surface area contributed by atoms with Gasteiger partial charge in [0, 0.05) is 24.7 Å². The summed E-state index contributed by atoms with van der Waals surface area (Å²) < 4.78 is 39.2. The predicted octanol–water partition coefficient (Wildman–Crippen LogP) is 2.56. The highest BCUT2D eigenvalue weighted by Crippen LogP contribution is 2.29. The van der Waals surface area contributed by atoms with Crippen LogP contribution in [0.4, 0.5) is 5.82 Å². The van der Waals surface area contributed by atoms with E-state index in [1.54, 1.807) is 13.0 Å². The zero-order chi connectivity index (χ0) is 24.2. The lowest BCUT2D eigenvalue weighted by molar-refractivity contribution is -0.116. The van der Waals surface area contributed by atoms with Crippen LogP contribution in [0.2, 0.25) is 0 Å². The van der Waals surface area contributed by atoms with E-state index in [-0.39, 0.29) is 40.5 Å². The number of hydrogen-bond acceptors (Lipinski definition) is 7. The van der Waals surface area contributed by atoms with Gasteiger partial charge in [0.15, 0.2) is 5.82 Å². The molecule has 1 heterocycles. The van der Waals surface area contributed by atoms with Gasteiger partial charge in [-0.15, -0.1) is 0 Å². The highest BCUT2D eigenvalue weighted by atomic mass is 32.2. The van der Waals surface area contributed by atoms with Gasteiger partial charge in [-0.3, -0.25) is 9.59 Å². The zero-order valence-corrected chi connectivity index (χ0v) is 20.1. The summed E-state index contributed by atoms with van der Waals surface area (Å²) in [7, 11) is -1.09. The topological polar surface area (TPSA) is 131 Å². The zero-order valence-electron chi connectivity index (χ0n) is 19.3. The molecule has 0 bridgehead atoms. The SMILES string of the molecule is COc1ccc(C(=O)N(C)CC(=O)Nc2cc(C)on2)cc1S(=O)(=O)N[C@@H]1CCCC[C@H]1C. The van der Waals surface area contributed by atoms with E-state index < -0.39 is 21.8 Å². The lowest BCUT2D eigenvalue weighted by Gasteiger charge is -2.29. The molecule has 1 aliphatic rings. The normalized spacial score (nSPS) is 18.5. The molecule has 2 amide bonds. The highest BCUT2D eigenvalue weighted by Gasteiger charge is 2.29. The number of carbonyl (C=O) groups excluding carboxylic acids is 2. The summed E-state index contributed by atoms with van der Waals surface area (Å²) >= 11 is 0. The van der Waals surface area contributed by atoms with Crippen LogP contribution in [0, 0.1) is 12.8 Å². The average Bonchev–Trinajstić information content (AvgIpc) is 3.18. The number of rotatable bonds is 8. The quantitative estimate of drug-likeness (QED) is 0.596. The van der Waals surface area contributed by atoms with Crippen LogP contribution >= 0.6 is 0 Å². The average molecular weight is 479 g/mol. The van der Waals surface area contributed by atoms with Gasteiger partial charge in [0.25, 0.3) is 5.91 Å². The standard InChI is InChI=1S/C22H30N4O6S/c1-14-7-5-6-8-17(14)25-33(29,30)19-12-16(9-10-18(19)31-4)22(28)26(3)13-21(27)23-20-11-15(2)32-24-20/h9-12,14,17,25H,5-8,13H2,1-4H3,(H,23,24,27)/t14-,17-/m1/s1. The molecule has 0 saturated heterocycles.